The van der Waals surface area contributed by atoms with Crippen molar-refractivity contribution in [2.75, 3.05) is 104 Å². The molecule has 10 rings (SSSR count). The highest BCUT2D eigenvalue weighted by molar-refractivity contribution is 9.11. The second-order valence-corrected chi connectivity index (χ2v) is 45.8. The average Bonchev–Trinajstić information content (AvgIpc) is 0.806. The summed E-state index contributed by atoms with van der Waals surface area (Å²) in [6, 6.07) is 67.4. The number of hydrogen-bond acceptors (Lipinski definition) is 15. The van der Waals surface area contributed by atoms with Gasteiger partial charge in [-0.05, 0) is 138 Å². The molecule has 4 N–H and O–H groups in total. The number of piperazine rings is 2. The van der Waals surface area contributed by atoms with Crippen molar-refractivity contribution in [3.63, 3.8) is 0 Å². The lowest BCUT2D eigenvalue weighted by Gasteiger charge is -2.36. The Morgan fingerprint density at radius 1 is 0.402 bits per heavy atom. The van der Waals surface area contributed by atoms with Crippen molar-refractivity contribution in [2.24, 2.45) is 23.5 Å². The molecule has 0 unspecified atom stereocenters. The first-order valence-electron chi connectivity index (χ1n) is 38.3. The molecule has 22 nitrogen and oxygen atoms in total. The lowest BCUT2D eigenvalue weighted by Crippen LogP contribution is -2.51. The van der Waals surface area contributed by atoms with Gasteiger partial charge in [0.2, 0.25) is 39.1 Å². The quantitative estimate of drug-likeness (QED) is 0.0304. The average molecular weight is 2010 g/mol. The molecule has 117 heavy (non-hydrogen) atoms. The van der Waals surface area contributed by atoms with Crippen molar-refractivity contribution in [1.29, 1.82) is 0 Å². The molecule has 648 valence electrons. The molecule has 8 aromatic rings. The van der Waals surface area contributed by atoms with Crippen LogP contribution in [-0.2, 0) is 82.6 Å². The van der Waals surface area contributed by atoms with E-state index in [2.05, 4.69) is 92.5 Å². The van der Waals surface area contributed by atoms with Gasteiger partial charge in [0.15, 0.2) is 0 Å². The number of rotatable bonds is 28. The predicted octanol–water partition coefficient (Wildman–Crippen LogP) is 16.8. The fourth-order valence-corrected chi connectivity index (χ4v) is 20.7. The second kappa shape index (κ2) is 51.3. The molecule has 0 amide bonds. The van der Waals surface area contributed by atoms with Crippen LogP contribution in [0, 0.1) is 17.8 Å². The third-order valence-electron chi connectivity index (χ3n) is 17.8. The van der Waals surface area contributed by atoms with Crippen molar-refractivity contribution in [2.45, 2.75) is 116 Å². The van der Waals surface area contributed by atoms with Gasteiger partial charge in [-0.1, -0.05) is 275 Å². The largest absolute Gasteiger partial charge is 0.369 e. The Labute approximate surface area is 739 Å². The summed E-state index contributed by atoms with van der Waals surface area (Å²) < 4.78 is 160. The Hall–Kier alpha value is -4.89. The summed E-state index contributed by atoms with van der Waals surface area (Å²) in [5, 5.41) is 4.22. The van der Waals surface area contributed by atoms with Crippen LogP contribution in [0.25, 0.3) is 0 Å². The molecule has 0 saturated carbocycles. The van der Waals surface area contributed by atoms with Crippen molar-refractivity contribution < 1.29 is 50.5 Å². The van der Waals surface area contributed by atoms with Crippen molar-refractivity contribution >= 4 is 140 Å². The summed E-state index contributed by atoms with van der Waals surface area (Å²) in [4.78, 5) is 2.16. The van der Waals surface area contributed by atoms with E-state index < -0.39 is 59.5 Å². The maximum Gasteiger partial charge on any atom is 0.281 e. The van der Waals surface area contributed by atoms with Gasteiger partial charge in [-0.2, -0.15) is 42.7 Å². The van der Waals surface area contributed by atoms with Gasteiger partial charge in [0.25, 0.3) is 20.4 Å². The molecule has 2 heterocycles. The number of nitrogens with one attached hydrogen (secondary N) is 2. The monoisotopic (exact) mass is 2000 g/mol. The van der Waals surface area contributed by atoms with Crippen LogP contribution in [0.4, 0.5) is 5.69 Å². The first-order chi connectivity index (χ1) is 54.8. The van der Waals surface area contributed by atoms with Crippen LogP contribution < -0.4 is 20.7 Å². The molecule has 0 bridgehead atoms. The predicted molar refractivity (Wildman–Crippen MR) is 497 cm³/mol. The molecule has 4 atom stereocenters. The Kier molecular flexibility index (Phi) is 45.8. The minimum Gasteiger partial charge on any atom is -0.369 e. The van der Waals surface area contributed by atoms with Gasteiger partial charge in [0.05, 0.1) is 23.0 Å². The van der Waals surface area contributed by atoms with Gasteiger partial charge in [-0.3, -0.25) is 0 Å². The van der Waals surface area contributed by atoms with E-state index in [1.165, 1.54) is 22.8 Å². The number of benzene rings is 8. The van der Waals surface area contributed by atoms with Gasteiger partial charge in [-0.15, -0.1) is 0 Å². The number of nitrogens with zero attached hydrogens (tertiary/aromatic N) is 7. The van der Waals surface area contributed by atoms with Crippen LogP contribution in [0.3, 0.4) is 0 Å². The fourth-order valence-electron chi connectivity index (χ4n) is 11.5. The summed E-state index contributed by atoms with van der Waals surface area (Å²) in [7, 11) is -9.02. The van der Waals surface area contributed by atoms with Crippen LogP contribution in [0.5, 0.6) is 0 Å². The molecule has 2 aliphatic rings. The fraction of sp³-hybridized carbons (Fsp3) is 0.429. The molecule has 0 spiro atoms. The number of nitrogens with two attached hydrogens (primary N) is 1. The van der Waals surface area contributed by atoms with Crippen LogP contribution in [-0.4, -0.2) is 175 Å². The highest BCUT2D eigenvalue weighted by Gasteiger charge is 2.33. The molecule has 8 aromatic carbocycles. The van der Waals surface area contributed by atoms with E-state index in [9.17, 15) is 50.5 Å². The summed E-state index contributed by atoms with van der Waals surface area (Å²) in [5.74, 6) is 1.15. The van der Waals surface area contributed by atoms with Crippen LogP contribution in [0.15, 0.2) is 232 Å². The van der Waals surface area contributed by atoms with E-state index >= 15 is 0 Å². The zero-order chi connectivity index (χ0) is 87.5. The van der Waals surface area contributed by atoms with E-state index in [0.717, 1.165) is 76.8 Å². The molecule has 2 aliphatic heterocycles. The highest BCUT2D eigenvalue weighted by atomic mass is 79.9. The van der Waals surface area contributed by atoms with E-state index in [1.54, 1.807) is 61.1 Å². The van der Waals surface area contributed by atoms with Gasteiger partial charge in [-0.25, -0.2) is 38.4 Å². The summed E-state index contributed by atoms with van der Waals surface area (Å²) in [6.07, 6.45) is 0. The molecular weight excluding hydrogens is 1890 g/mol. The van der Waals surface area contributed by atoms with Gasteiger partial charge in [0.1, 0.15) is 0 Å². The minimum atomic E-state index is -3.52. The summed E-state index contributed by atoms with van der Waals surface area (Å²) in [5.41, 5.74) is 13.8. The Bertz CT molecular complexity index is 4890. The molecule has 2 fully saturated rings. The lowest BCUT2D eigenvalue weighted by atomic mass is 10.1. The molecular formula is C84H119Br4ClN10O12S6. The zero-order valence-electron chi connectivity index (χ0n) is 69.4. The topological polar surface area (TPSA) is 278 Å². The maximum absolute atomic E-state index is 13.4. The van der Waals surface area contributed by atoms with Gasteiger partial charge in [0, 0.05) is 153 Å². The normalized spacial score (nSPS) is 14.8. The van der Waals surface area contributed by atoms with Crippen molar-refractivity contribution in [3.05, 3.63) is 276 Å². The van der Waals surface area contributed by atoms with E-state index in [-0.39, 0.29) is 59.0 Å². The Balaban J connectivity index is 0.000000308. The number of sulfonamides is 3. The van der Waals surface area contributed by atoms with Crippen LogP contribution in [0.2, 0.25) is 0 Å². The molecule has 0 aliphatic carbocycles. The SMILES string of the molecule is CC(C)CBr.CC(C)CN([C@H](C)c1ccc(Br)cc1)S(=O)(=O)Cc1ccccc1.CC(C)CN([C@H](C)c1ccc(N2CCN(S(=O)(=O)N(C)C)CC2)cc1)S(=O)(=O)Cc1ccccc1.CN(C)S(=O)(=O)N1CCNCC1.C[C@@H](N)c1ccc(Br)cc1.C[C@@H](NS(=O)(=O)Cc1ccccc1)c1ccc(Br)cc1.O=S(=O)(Cl)Cc1ccccc1. The number of hydrogen-bond donors (Lipinski definition) is 3. The summed E-state index contributed by atoms with van der Waals surface area (Å²) in [6.45, 7) is 25.8. The van der Waals surface area contributed by atoms with Gasteiger partial charge >= 0.3 is 0 Å². The standard InChI is InChI=1S/C25H38N4O4S2.C19H24BrNO2S.C15H16BrNO2S.C8H10BrN.C7H7ClO2S.C6H15N3O2S.C4H9Br/c1-21(2)19-29(34(30,31)20-23-9-7-6-8-10-23)22(3)24-11-13-25(14-12-24)27-15-17-28(18-16-27)35(32,33)26(4)5;1-15(2)13-21(16(3)18-9-11-19(20)12-10-18)24(22,23)14-17-7-5-4-6-8-17;1-12(14-7-9-15(16)10-8-14)17-20(18,19)11-13-5-3-2-4-6-13;1-6(10)7-2-4-8(9)5-3-7;8-11(9,10)6-7-4-2-1-3-5-7;1-8(2)12(10,11)9-5-3-7-4-6-9;1-4(2)3-5/h6-14,21-22H,15-20H2,1-5H3;4-12,15-16H,13-14H2,1-3H3;2-10,12,17H,11H2,1H3;2-6H,10H2,1H3;1-5H,6H2;7H,3-6H2,1-2H3;4H,3H2,1-2H3/t22-;16-;12-;6-;;;/m1111.../s1. The van der Waals surface area contributed by atoms with Crippen molar-refractivity contribution in [1.82, 2.24) is 35.9 Å². The number of anilines is 1. The third kappa shape index (κ3) is 39.0. The summed E-state index contributed by atoms with van der Waals surface area (Å²) >= 11 is 13.5. The molecule has 0 aromatic heterocycles. The highest BCUT2D eigenvalue weighted by Crippen LogP contribution is 2.31. The number of halogens is 5. The Morgan fingerprint density at radius 3 is 1.01 bits per heavy atom. The van der Waals surface area contributed by atoms with E-state index in [1.807, 2.05) is 250 Å². The van der Waals surface area contributed by atoms with Crippen molar-refractivity contribution in [3.8, 4) is 0 Å². The zero-order valence-corrected chi connectivity index (χ0v) is 81.4. The minimum absolute atomic E-state index is 0.00525. The molecule has 0 radical (unpaired) electrons. The first kappa shape index (κ1) is 104. The number of alkyl halides is 1. The van der Waals surface area contributed by atoms with Crippen LogP contribution >= 0.6 is 74.4 Å². The first-order valence-corrected chi connectivity index (χ1v) is 52.0. The second-order valence-electron chi connectivity index (χ2n) is 29.7. The lowest BCUT2D eigenvalue weighted by molar-refractivity contribution is 0.308. The third-order valence-corrected chi connectivity index (χ3v) is 30.8. The maximum atomic E-state index is 13.4. The smallest absolute Gasteiger partial charge is 0.281 e. The Morgan fingerprint density at radius 2 is 0.701 bits per heavy atom. The molecule has 33 heteroatoms. The van der Waals surface area contributed by atoms with Gasteiger partial charge < -0.3 is 16.0 Å². The molecule has 2 saturated heterocycles. The van der Waals surface area contributed by atoms with E-state index in [0.29, 0.717) is 57.9 Å². The van der Waals surface area contributed by atoms with Crippen LogP contribution in [0.1, 0.15) is 138 Å². The van der Waals surface area contributed by atoms with E-state index in [4.69, 9.17) is 16.4 Å².